The van der Waals surface area contributed by atoms with Gasteiger partial charge in [0.15, 0.2) is 5.82 Å². The van der Waals surface area contributed by atoms with E-state index in [1.54, 1.807) is 0 Å². The van der Waals surface area contributed by atoms with Crippen LogP contribution in [0.2, 0.25) is 0 Å². The molecule has 0 spiro atoms. The third-order valence-electron chi connectivity index (χ3n) is 15.0. The van der Waals surface area contributed by atoms with E-state index in [0.717, 1.165) is 98.8 Å². The highest BCUT2D eigenvalue weighted by Gasteiger charge is 2.27. The van der Waals surface area contributed by atoms with Crippen molar-refractivity contribution in [3.8, 4) is 34.7 Å². The highest BCUT2D eigenvalue weighted by Crippen LogP contribution is 2.46. The standard InChI is InChI=1S/C65H39N7/c1-4-20-42(21-5-1)63-66-64(71-55-31-17-15-29-53(55)57-56(71)39-38-48-47-28-14-16-30-54(47)69(60(48)57)43-22-6-2-7-23-43)68-65(67-63)72-59-46-27-13-11-19-41(46)33-35-50(59)52-37-36-51-49-34-32-40-18-10-12-26-45(40)58(49)70(61(51)62(52)72)44-24-8-3-9-25-44/h1-39H. The van der Waals surface area contributed by atoms with Crippen molar-refractivity contribution in [2.45, 2.75) is 0 Å². The molecule has 7 nitrogen and oxygen atoms in total. The molecule has 334 valence electrons. The molecule has 5 heterocycles. The Morgan fingerprint density at radius 2 is 0.667 bits per heavy atom. The summed E-state index contributed by atoms with van der Waals surface area (Å²) < 4.78 is 9.48. The quantitative estimate of drug-likeness (QED) is 0.173. The highest BCUT2D eigenvalue weighted by atomic mass is 15.3. The first-order valence-corrected chi connectivity index (χ1v) is 24.5. The first-order valence-electron chi connectivity index (χ1n) is 24.5. The van der Waals surface area contributed by atoms with Crippen LogP contribution in [0.25, 0.3) is 143 Å². The van der Waals surface area contributed by atoms with Crippen LogP contribution >= 0.6 is 0 Å². The van der Waals surface area contributed by atoms with Crippen molar-refractivity contribution >= 4 is 109 Å². The molecule has 16 aromatic rings. The topological polar surface area (TPSA) is 58.4 Å². The molecule has 5 aromatic heterocycles. The summed E-state index contributed by atoms with van der Waals surface area (Å²) in [5.41, 5.74) is 11.7. The Kier molecular flexibility index (Phi) is 8.04. The minimum atomic E-state index is 0.530. The van der Waals surface area contributed by atoms with Gasteiger partial charge in [0.1, 0.15) is 0 Å². The Balaban J connectivity index is 1.10. The third-order valence-corrected chi connectivity index (χ3v) is 15.0. The van der Waals surface area contributed by atoms with Crippen molar-refractivity contribution in [2.75, 3.05) is 0 Å². The number of hydrogen-bond acceptors (Lipinski definition) is 3. The van der Waals surface area contributed by atoms with E-state index in [1.807, 2.05) is 6.07 Å². The largest absolute Gasteiger partial charge is 0.309 e. The Morgan fingerprint density at radius 1 is 0.236 bits per heavy atom. The molecule has 0 saturated carbocycles. The SMILES string of the molecule is c1ccc(-c2nc(-n3c4ccccc4c4c3ccc3c5ccccc5n(-c5ccccc5)c34)nc(-n3c4c5ccccc5ccc4c4ccc5c6ccc7ccccc7c6n(-c6ccccc6)c5c43)n2)cc1. The summed E-state index contributed by atoms with van der Waals surface area (Å²) in [6.07, 6.45) is 0. The maximum absolute atomic E-state index is 5.76. The van der Waals surface area contributed by atoms with Crippen LogP contribution in [0.1, 0.15) is 0 Å². The lowest BCUT2D eigenvalue weighted by Gasteiger charge is -2.15. The molecular formula is C65H39N7. The highest BCUT2D eigenvalue weighted by molar-refractivity contribution is 6.29. The lowest BCUT2D eigenvalue weighted by molar-refractivity contribution is 0.894. The van der Waals surface area contributed by atoms with Gasteiger partial charge in [0.2, 0.25) is 11.9 Å². The van der Waals surface area contributed by atoms with Gasteiger partial charge in [-0.3, -0.25) is 9.13 Å². The van der Waals surface area contributed by atoms with Crippen LogP contribution in [0.3, 0.4) is 0 Å². The van der Waals surface area contributed by atoms with Gasteiger partial charge in [-0.2, -0.15) is 15.0 Å². The second-order valence-electron chi connectivity index (χ2n) is 18.8. The van der Waals surface area contributed by atoms with E-state index in [4.69, 9.17) is 15.0 Å². The molecule has 0 fully saturated rings. The fourth-order valence-corrected chi connectivity index (χ4v) is 12.0. The number of benzene rings is 11. The summed E-state index contributed by atoms with van der Waals surface area (Å²) >= 11 is 0. The molecular weight excluding hydrogens is 879 g/mol. The minimum Gasteiger partial charge on any atom is -0.309 e. The van der Waals surface area contributed by atoms with Crippen LogP contribution in [0.4, 0.5) is 0 Å². The molecule has 0 saturated heterocycles. The molecule has 0 aliphatic carbocycles. The van der Waals surface area contributed by atoms with Crippen LogP contribution in [-0.2, 0) is 0 Å². The zero-order valence-corrected chi connectivity index (χ0v) is 38.6. The molecule has 0 atom stereocenters. The normalized spacial score (nSPS) is 12.2. The van der Waals surface area contributed by atoms with Crippen molar-refractivity contribution in [3.05, 3.63) is 237 Å². The van der Waals surface area contributed by atoms with E-state index in [0.29, 0.717) is 17.7 Å². The molecule has 72 heavy (non-hydrogen) atoms. The van der Waals surface area contributed by atoms with Crippen LogP contribution < -0.4 is 0 Å². The van der Waals surface area contributed by atoms with Gasteiger partial charge in [0.25, 0.3) is 0 Å². The first-order chi connectivity index (χ1) is 35.8. The van der Waals surface area contributed by atoms with Crippen LogP contribution in [-0.4, -0.2) is 33.2 Å². The van der Waals surface area contributed by atoms with E-state index >= 15 is 0 Å². The second-order valence-corrected chi connectivity index (χ2v) is 18.8. The predicted octanol–water partition coefficient (Wildman–Crippen LogP) is 16.2. The summed E-state index contributed by atoms with van der Waals surface area (Å²) in [6.45, 7) is 0. The Labute approximate surface area is 411 Å². The molecule has 0 radical (unpaired) electrons. The van der Waals surface area contributed by atoms with Crippen molar-refractivity contribution in [1.29, 1.82) is 0 Å². The number of hydrogen-bond donors (Lipinski definition) is 0. The van der Waals surface area contributed by atoms with E-state index in [-0.39, 0.29) is 0 Å². The van der Waals surface area contributed by atoms with Crippen LogP contribution in [0.15, 0.2) is 237 Å². The molecule has 0 bridgehead atoms. The zero-order chi connectivity index (χ0) is 47.0. The molecule has 0 aliphatic heterocycles. The number of rotatable bonds is 5. The van der Waals surface area contributed by atoms with Crippen molar-refractivity contribution in [3.63, 3.8) is 0 Å². The van der Waals surface area contributed by atoms with Crippen molar-refractivity contribution in [2.24, 2.45) is 0 Å². The number of aromatic nitrogens is 7. The molecule has 0 aliphatic rings. The Bertz CT molecular complexity index is 4910. The van der Waals surface area contributed by atoms with Crippen LogP contribution in [0.5, 0.6) is 0 Å². The summed E-state index contributed by atoms with van der Waals surface area (Å²) in [5.74, 6) is 1.64. The van der Waals surface area contributed by atoms with E-state index in [1.165, 1.54) is 26.9 Å². The maximum Gasteiger partial charge on any atom is 0.240 e. The van der Waals surface area contributed by atoms with Gasteiger partial charge in [-0.1, -0.05) is 194 Å². The minimum absolute atomic E-state index is 0.530. The van der Waals surface area contributed by atoms with E-state index in [9.17, 15) is 0 Å². The van der Waals surface area contributed by atoms with E-state index in [2.05, 4.69) is 249 Å². The van der Waals surface area contributed by atoms with Crippen LogP contribution in [0, 0.1) is 0 Å². The fraction of sp³-hybridized carbons (Fsp3) is 0. The monoisotopic (exact) mass is 917 g/mol. The Hall–Kier alpha value is -9.85. The fourth-order valence-electron chi connectivity index (χ4n) is 12.0. The molecule has 0 N–H and O–H groups in total. The third kappa shape index (κ3) is 5.36. The maximum atomic E-state index is 5.76. The van der Waals surface area contributed by atoms with Gasteiger partial charge < -0.3 is 9.13 Å². The van der Waals surface area contributed by atoms with Crippen molar-refractivity contribution in [1.82, 2.24) is 33.2 Å². The summed E-state index contributed by atoms with van der Waals surface area (Å²) in [6, 6.07) is 84.8. The average Bonchev–Trinajstić information content (AvgIpc) is 4.19. The van der Waals surface area contributed by atoms with Gasteiger partial charge in [0.05, 0.1) is 44.1 Å². The molecule has 16 rings (SSSR count). The first kappa shape index (κ1) is 39.0. The zero-order valence-electron chi connectivity index (χ0n) is 38.6. The summed E-state index contributed by atoms with van der Waals surface area (Å²) in [7, 11) is 0. The predicted molar refractivity (Wildman–Crippen MR) is 298 cm³/mol. The second kappa shape index (κ2) is 14.8. The van der Waals surface area contributed by atoms with Gasteiger partial charge in [-0.15, -0.1) is 0 Å². The van der Waals surface area contributed by atoms with Crippen molar-refractivity contribution < 1.29 is 0 Å². The van der Waals surface area contributed by atoms with Gasteiger partial charge in [-0.25, -0.2) is 0 Å². The lowest BCUT2D eigenvalue weighted by Crippen LogP contribution is -2.11. The molecule has 0 amide bonds. The summed E-state index contributed by atoms with van der Waals surface area (Å²) in [5, 5.41) is 13.8. The van der Waals surface area contributed by atoms with Gasteiger partial charge in [0, 0.05) is 70.8 Å². The number of nitrogens with zero attached hydrogens (tertiary/aromatic N) is 7. The molecule has 7 heteroatoms. The lowest BCUT2D eigenvalue weighted by atomic mass is 10.0. The molecule has 11 aromatic carbocycles. The molecule has 0 unspecified atom stereocenters. The Morgan fingerprint density at radius 3 is 1.31 bits per heavy atom. The van der Waals surface area contributed by atoms with Gasteiger partial charge >= 0.3 is 0 Å². The number of para-hydroxylation sites is 4. The number of fused-ring (bicyclic) bond motifs is 18. The average molecular weight is 918 g/mol. The van der Waals surface area contributed by atoms with Gasteiger partial charge in [-0.05, 0) is 53.2 Å². The smallest absolute Gasteiger partial charge is 0.240 e. The van der Waals surface area contributed by atoms with E-state index < -0.39 is 0 Å². The summed E-state index contributed by atoms with van der Waals surface area (Å²) in [4.78, 5) is 16.8.